The van der Waals surface area contributed by atoms with Crippen LogP contribution in [0.5, 0.6) is 0 Å². The Morgan fingerprint density at radius 3 is 2.72 bits per heavy atom. The Balaban J connectivity index is 2.61. The molecule has 1 rings (SSSR count). The minimum Gasteiger partial charge on any atom is -0.320 e. The summed E-state index contributed by atoms with van der Waals surface area (Å²) in [7, 11) is 0. The number of aromatic amines is 1. The van der Waals surface area contributed by atoms with E-state index in [1.54, 1.807) is 0 Å². The van der Waals surface area contributed by atoms with Crippen LogP contribution in [0.15, 0.2) is 6.07 Å². The smallest absolute Gasteiger partial charge is 0.242 e. The number of rotatable bonds is 6. The van der Waals surface area contributed by atoms with E-state index in [1.807, 2.05) is 19.9 Å². The molecule has 5 heteroatoms. The van der Waals surface area contributed by atoms with Crippen molar-refractivity contribution in [2.24, 2.45) is 11.7 Å². The third kappa shape index (κ3) is 3.84. The molecule has 102 valence electrons. The summed E-state index contributed by atoms with van der Waals surface area (Å²) in [5.74, 6) is 0.898. The molecule has 18 heavy (non-hydrogen) atoms. The molecule has 2 atom stereocenters. The van der Waals surface area contributed by atoms with E-state index in [4.69, 9.17) is 5.73 Å². The number of anilines is 1. The van der Waals surface area contributed by atoms with Gasteiger partial charge in [0.15, 0.2) is 5.82 Å². The lowest BCUT2D eigenvalue weighted by Gasteiger charge is -2.13. The molecule has 0 aliphatic carbocycles. The van der Waals surface area contributed by atoms with Gasteiger partial charge in [-0.05, 0) is 18.3 Å². The SMILES string of the molecule is CCCC(C)c1cc(NC(=O)[C@@H](N)C(C)C)n[nH]1. The molecule has 0 saturated heterocycles. The van der Waals surface area contributed by atoms with Gasteiger partial charge in [-0.2, -0.15) is 5.10 Å². The summed E-state index contributed by atoms with van der Waals surface area (Å²) in [5, 5.41) is 9.78. The normalized spacial score (nSPS) is 14.6. The van der Waals surface area contributed by atoms with Gasteiger partial charge in [-0.15, -0.1) is 0 Å². The molecule has 0 aromatic carbocycles. The Morgan fingerprint density at radius 1 is 1.50 bits per heavy atom. The Labute approximate surface area is 109 Å². The van der Waals surface area contributed by atoms with Crippen molar-refractivity contribution < 1.29 is 4.79 Å². The summed E-state index contributed by atoms with van der Waals surface area (Å²) in [4.78, 5) is 11.8. The van der Waals surface area contributed by atoms with Crippen LogP contribution in [0.1, 0.15) is 52.1 Å². The van der Waals surface area contributed by atoms with Gasteiger partial charge in [-0.3, -0.25) is 9.89 Å². The van der Waals surface area contributed by atoms with Gasteiger partial charge in [0.1, 0.15) is 0 Å². The lowest BCUT2D eigenvalue weighted by Crippen LogP contribution is -2.39. The highest BCUT2D eigenvalue weighted by Gasteiger charge is 2.18. The van der Waals surface area contributed by atoms with Crippen LogP contribution >= 0.6 is 0 Å². The quantitative estimate of drug-likeness (QED) is 0.726. The zero-order chi connectivity index (χ0) is 13.7. The number of carbonyl (C=O) groups excluding carboxylic acids is 1. The fraction of sp³-hybridized carbons (Fsp3) is 0.692. The lowest BCUT2D eigenvalue weighted by molar-refractivity contribution is -0.118. The van der Waals surface area contributed by atoms with Crippen molar-refractivity contribution >= 4 is 11.7 Å². The molecule has 0 aliphatic heterocycles. The predicted molar refractivity (Wildman–Crippen MR) is 73.4 cm³/mol. The minimum atomic E-state index is -0.502. The number of nitrogens with one attached hydrogen (secondary N) is 2. The van der Waals surface area contributed by atoms with E-state index < -0.39 is 6.04 Å². The number of amides is 1. The maximum atomic E-state index is 11.8. The van der Waals surface area contributed by atoms with E-state index in [-0.39, 0.29) is 11.8 Å². The Hall–Kier alpha value is -1.36. The largest absolute Gasteiger partial charge is 0.320 e. The predicted octanol–water partition coefficient (Wildman–Crippen LogP) is 2.24. The third-order valence-corrected chi connectivity index (χ3v) is 3.12. The monoisotopic (exact) mass is 252 g/mol. The Kier molecular flexibility index (Phi) is 5.34. The van der Waals surface area contributed by atoms with Crippen molar-refractivity contribution in [1.82, 2.24) is 10.2 Å². The molecule has 1 heterocycles. The molecular weight excluding hydrogens is 228 g/mol. The standard InChI is InChI=1S/C13H24N4O/c1-5-6-9(4)10-7-11(17-16-10)15-13(18)12(14)8(2)3/h7-9,12H,5-6,14H2,1-4H3,(H2,15,16,17,18)/t9?,12-/m0/s1. The van der Waals surface area contributed by atoms with Crippen molar-refractivity contribution in [2.45, 2.75) is 52.5 Å². The van der Waals surface area contributed by atoms with Crippen LogP contribution in [0.2, 0.25) is 0 Å². The number of carbonyl (C=O) groups is 1. The average Bonchev–Trinajstić information content (AvgIpc) is 2.76. The zero-order valence-electron chi connectivity index (χ0n) is 11.7. The number of nitrogens with two attached hydrogens (primary N) is 1. The summed E-state index contributed by atoms with van der Waals surface area (Å²) < 4.78 is 0. The maximum Gasteiger partial charge on any atom is 0.242 e. The fourth-order valence-corrected chi connectivity index (χ4v) is 1.75. The van der Waals surface area contributed by atoms with Gasteiger partial charge >= 0.3 is 0 Å². The molecule has 1 aromatic rings. The van der Waals surface area contributed by atoms with Crippen LogP contribution in [0.4, 0.5) is 5.82 Å². The van der Waals surface area contributed by atoms with E-state index in [0.29, 0.717) is 11.7 Å². The molecule has 0 spiro atoms. The highest BCUT2D eigenvalue weighted by atomic mass is 16.2. The first-order valence-electron chi connectivity index (χ1n) is 6.57. The summed E-state index contributed by atoms with van der Waals surface area (Å²) in [5.41, 5.74) is 6.82. The average molecular weight is 252 g/mol. The van der Waals surface area contributed by atoms with Crippen LogP contribution in [0.3, 0.4) is 0 Å². The van der Waals surface area contributed by atoms with E-state index >= 15 is 0 Å². The van der Waals surface area contributed by atoms with E-state index in [2.05, 4.69) is 29.4 Å². The molecule has 0 bridgehead atoms. The first-order chi connectivity index (χ1) is 8.45. The van der Waals surface area contributed by atoms with Gasteiger partial charge in [0.05, 0.1) is 6.04 Å². The molecule has 0 radical (unpaired) electrons. The van der Waals surface area contributed by atoms with E-state index in [1.165, 1.54) is 0 Å². The van der Waals surface area contributed by atoms with Crippen LogP contribution in [0, 0.1) is 5.92 Å². The topological polar surface area (TPSA) is 83.8 Å². The summed E-state index contributed by atoms with van der Waals surface area (Å²) in [6.45, 7) is 8.13. The second-order valence-corrected chi connectivity index (χ2v) is 5.16. The molecule has 1 unspecified atom stereocenters. The first-order valence-corrected chi connectivity index (χ1v) is 6.57. The lowest BCUT2D eigenvalue weighted by atomic mass is 10.0. The van der Waals surface area contributed by atoms with Crippen molar-refractivity contribution in [3.05, 3.63) is 11.8 Å². The molecular formula is C13H24N4O. The van der Waals surface area contributed by atoms with E-state index in [0.717, 1.165) is 18.5 Å². The van der Waals surface area contributed by atoms with Gasteiger partial charge in [0, 0.05) is 11.8 Å². The molecule has 1 amide bonds. The van der Waals surface area contributed by atoms with Crippen LogP contribution in [-0.2, 0) is 4.79 Å². The minimum absolute atomic E-state index is 0.113. The van der Waals surface area contributed by atoms with Gasteiger partial charge in [0.2, 0.25) is 5.91 Å². The van der Waals surface area contributed by atoms with Crippen molar-refractivity contribution in [3.8, 4) is 0 Å². The number of nitrogens with zero attached hydrogens (tertiary/aromatic N) is 1. The van der Waals surface area contributed by atoms with Crippen molar-refractivity contribution in [3.63, 3.8) is 0 Å². The molecule has 0 saturated carbocycles. The molecule has 1 aromatic heterocycles. The van der Waals surface area contributed by atoms with Gasteiger partial charge < -0.3 is 11.1 Å². The van der Waals surface area contributed by atoms with Gasteiger partial charge in [-0.1, -0.05) is 34.1 Å². The summed E-state index contributed by atoms with van der Waals surface area (Å²) >= 11 is 0. The Morgan fingerprint density at radius 2 is 2.17 bits per heavy atom. The number of hydrogen-bond donors (Lipinski definition) is 3. The molecule has 5 nitrogen and oxygen atoms in total. The van der Waals surface area contributed by atoms with E-state index in [9.17, 15) is 4.79 Å². The van der Waals surface area contributed by atoms with Crippen LogP contribution in [0.25, 0.3) is 0 Å². The Bertz CT molecular complexity index is 386. The zero-order valence-corrected chi connectivity index (χ0v) is 11.7. The molecule has 0 aliphatic rings. The maximum absolute atomic E-state index is 11.8. The van der Waals surface area contributed by atoms with Crippen LogP contribution in [-0.4, -0.2) is 22.1 Å². The first kappa shape index (κ1) is 14.7. The number of aromatic nitrogens is 2. The van der Waals surface area contributed by atoms with Gasteiger partial charge in [0.25, 0.3) is 0 Å². The van der Waals surface area contributed by atoms with Crippen molar-refractivity contribution in [1.29, 1.82) is 0 Å². The fourth-order valence-electron chi connectivity index (χ4n) is 1.75. The summed E-state index contributed by atoms with van der Waals surface area (Å²) in [6.07, 6.45) is 2.22. The highest BCUT2D eigenvalue weighted by Crippen LogP contribution is 2.20. The number of H-pyrrole nitrogens is 1. The highest BCUT2D eigenvalue weighted by molar-refractivity contribution is 5.94. The van der Waals surface area contributed by atoms with Crippen molar-refractivity contribution in [2.75, 3.05) is 5.32 Å². The second kappa shape index (κ2) is 6.54. The third-order valence-electron chi connectivity index (χ3n) is 3.12. The molecule has 4 N–H and O–H groups in total. The van der Waals surface area contributed by atoms with Crippen LogP contribution < -0.4 is 11.1 Å². The van der Waals surface area contributed by atoms with Gasteiger partial charge in [-0.25, -0.2) is 0 Å². The summed E-state index contributed by atoms with van der Waals surface area (Å²) in [6, 6.07) is 1.38. The number of hydrogen-bond acceptors (Lipinski definition) is 3. The second-order valence-electron chi connectivity index (χ2n) is 5.16. The molecule has 0 fully saturated rings.